The fourth-order valence-electron chi connectivity index (χ4n) is 2.15. The van der Waals surface area contributed by atoms with E-state index >= 15 is 0 Å². The minimum Gasteiger partial charge on any atom is -0.389 e. The summed E-state index contributed by atoms with van der Waals surface area (Å²) in [6.45, 7) is 0.226. The number of benzene rings is 1. The summed E-state index contributed by atoms with van der Waals surface area (Å²) in [5, 5.41) is 19.0. The van der Waals surface area contributed by atoms with E-state index in [1.54, 1.807) is 4.90 Å². The van der Waals surface area contributed by atoms with E-state index in [0.717, 1.165) is 12.1 Å². The maximum absolute atomic E-state index is 12.7. The molecule has 0 radical (unpaired) electrons. The monoisotopic (exact) mass is 306 g/mol. The molecule has 2 atom stereocenters. The number of β-amino-alcohol motifs (C(OH)–C–C–N with tert-alkyl or cyclic N) is 2. The van der Waals surface area contributed by atoms with Crippen molar-refractivity contribution >= 4 is 22.9 Å². The van der Waals surface area contributed by atoms with Crippen LogP contribution in [0.1, 0.15) is 11.1 Å². The first-order valence-electron chi connectivity index (χ1n) is 5.82. The van der Waals surface area contributed by atoms with Crippen LogP contribution in [0.5, 0.6) is 0 Å². The molecule has 20 heavy (non-hydrogen) atoms. The topological polar surface area (TPSA) is 69.7 Å². The molecule has 0 spiro atoms. The maximum atomic E-state index is 12.7. The van der Waals surface area contributed by atoms with Crippen molar-refractivity contribution < 1.29 is 23.4 Å². The van der Waals surface area contributed by atoms with Crippen LogP contribution in [0.2, 0.25) is 0 Å². The number of nitrogens with two attached hydrogens (primary N) is 1. The Morgan fingerprint density at radius 2 is 1.80 bits per heavy atom. The highest BCUT2D eigenvalue weighted by molar-refractivity contribution is 7.80. The van der Waals surface area contributed by atoms with Gasteiger partial charge in [-0.1, -0.05) is 12.2 Å². The molecule has 0 aliphatic carbocycles. The Morgan fingerprint density at radius 3 is 2.25 bits per heavy atom. The molecule has 4 N–H and O–H groups in total. The zero-order valence-corrected chi connectivity index (χ0v) is 11.1. The number of anilines is 1. The van der Waals surface area contributed by atoms with E-state index in [9.17, 15) is 23.4 Å². The summed E-state index contributed by atoms with van der Waals surface area (Å²) in [5.74, 6) is 0. The first-order valence-corrected chi connectivity index (χ1v) is 6.23. The van der Waals surface area contributed by atoms with Crippen LogP contribution in [-0.4, -0.2) is 40.5 Å². The van der Waals surface area contributed by atoms with Crippen molar-refractivity contribution in [2.75, 3.05) is 18.0 Å². The number of rotatable bonds is 2. The largest absolute Gasteiger partial charge is 0.416 e. The van der Waals surface area contributed by atoms with E-state index < -0.39 is 23.9 Å². The van der Waals surface area contributed by atoms with Gasteiger partial charge in [0.25, 0.3) is 0 Å². The number of alkyl halides is 3. The number of thiocarbonyl (C=S) groups is 1. The average Bonchev–Trinajstić information content (AvgIpc) is 2.67. The number of aliphatic hydroxyl groups is 2. The van der Waals surface area contributed by atoms with E-state index in [-0.39, 0.29) is 23.6 Å². The van der Waals surface area contributed by atoms with Crippen molar-refractivity contribution in [1.82, 2.24) is 0 Å². The highest BCUT2D eigenvalue weighted by atomic mass is 32.1. The molecule has 1 fully saturated rings. The molecule has 1 aliphatic rings. The van der Waals surface area contributed by atoms with Crippen molar-refractivity contribution in [3.05, 3.63) is 29.3 Å². The van der Waals surface area contributed by atoms with Gasteiger partial charge >= 0.3 is 6.18 Å². The summed E-state index contributed by atoms with van der Waals surface area (Å²) in [7, 11) is 0. The fourth-order valence-corrected chi connectivity index (χ4v) is 2.32. The van der Waals surface area contributed by atoms with Crippen LogP contribution in [0.15, 0.2) is 18.2 Å². The Kier molecular flexibility index (Phi) is 3.90. The molecule has 4 nitrogen and oxygen atoms in total. The standard InChI is InChI=1S/C12H13F3N2O2S/c13-12(14,15)6-1-2-8(7(3-6)11(16)20)17-4-9(18)10(19)5-17/h1-3,9-10,18-19H,4-5H2,(H2,16,20). The number of hydrogen-bond acceptors (Lipinski definition) is 4. The molecule has 0 aromatic heterocycles. The van der Waals surface area contributed by atoms with E-state index in [2.05, 4.69) is 0 Å². The second kappa shape index (κ2) is 5.19. The van der Waals surface area contributed by atoms with Gasteiger partial charge in [-0.15, -0.1) is 0 Å². The minimum absolute atomic E-state index is 0.0797. The van der Waals surface area contributed by atoms with Crippen molar-refractivity contribution in [2.45, 2.75) is 18.4 Å². The molecule has 1 heterocycles. The van der Waals surface area contributed by atoms with Crippen LogP contribution >= 0.6 is 12.2 Å². The summed E-state index contributed by atoms with van der Waals surface area (Å²) >= 11 is 4.79. The van der Waals surface area contributed by atoms with Gasteiger partial charge in [-0.3, -0.25) is 0 Å². The lowest BCUT2D eigenvalue weighted by Gasteiger charge is -2.22. The predicted octanol–water partition coefficient (Wildman–Crippen LogP) is 0.881. The maximum Gasteiger partial charge on any atom is 0.416 e. The molecule has 2 rings (SSSR count). The van der Waals surface area contributed by atoms with Gasteiger partial charge in [-0.05, 0) is 18.2 Å². The lowest BCUT2D eigenvalue weighted by molar-refractivity contribution is -0.137. The Balaban J connectivity index is 2.41. The Bertz CT molecular complexity index is 526. The molecule has 2 unspecified atom stereocenters. The zero-order valence-electron chi connectivity index (χ0n) is 10.3. The molecule has 110 valence electrons. The summed E-state index contributed by atoms with van der Waals surface area (Å²) in [5.41, 5.74) is 5.09. The lowest BCUT2D eigenvalue weighted by Crippen LogP contribution is -2.25. The van der Waals surface area contributed by atoms with Gasteiger partial charge in [0.2, 0.25) is 0 Å². The number of nitrogens with zero attached hydrogens (tertiary/aromatic N) is 1. The molecule has 0 saturated carbocycles. The van der Waals surface area contributed by atoms with Crippen molar-refractivity contribution in [3.63, 3.8) is 0 Å². The molecule has 0 bridgehead atoms. The summed E-state index contributed by atoms with van der Waals surface area (Å²) in [4.78, 5) is 1.39. The molecule has 8 heteroatoms. The molecule has 1 aromatic rings. The second-order valence-electron chi connectivity index (χ2n) is 4.63. The minimum atomic E-state index is -4.48. The van der Waals surface area contributed by atoms with Gasteiger partial charge in [0, 0.05) is 24.3 Å². The predicted molar refractivity (Wildman–Crippen MR) is 71.6 cm³/mol. The van der Waals surface area contributed by atoms with Crippen LogP contribution in [0.25, 0.3) is 0 Å². The van der Waals surface area contributed by atoms with Gasteiger partial charge in [0.05, 0.1) is 17.8 Å². The first-order chi connectivity index (χ1) is 9.20. The second-order valence-corrected chi connectivity index (χ2v) is 5.07. The fraction of sp³-hybridized carbons (Fsp3) is 0.417. The highest BCUT2D eigenvalue weighted by Gasteiger charge is 2.34. The zero-order chi connectivity index (χ0) is 15.1. The number of halogens is 3. The third kappa shape index (κ3) is 2.87. The Labute approximate surface area is 118 Å². The average molecular weight is 306 g/mol. The molecule has 1 saturated heterocycles. The van der Waals surface area contributed by atoms with Gasteiger partial charge in [0.1, 0.15) is 4.99 Å². The van der Waals surface area contributed by atoms with Crippen LogP contribution < -0.4 is 10.6 Å². The molecular weight excluding hydrogens is 293 g/mol. The number of aliphatic hydroxyl groups excluding tert-OH is 2. The normalized spacial score (nSPS) is 23.1. The van der Waals surface area contributed by atoms with Gasteiger partial charge in [0.15, 0.2) is 0 Å². The van der Waals surface area contributed by atoms with Crippen LogP contribution in [0.4, 0.5) is 18.9 Å². The van der Waals surface area contributed by atoms with E-state index in [4.69, 9.17) is 18.0 Å². The summed E-state index contributed by atoms with van der Waals surface area (Å²) in [6, 6.07) is 3.06. The number of hydrogen-bond donors (Lipinski definition) is 3. The van der Waals surface area contributed by atoms with E-state index in [1.807, 2.05) is 0 Å². The van der Waals surface area contributed by atoms with E-state index in [1.165, 1.54) is 6.07 Å². The highest BCUT2D eigenvalue weighted by Crippen LogP contribution is 2.33. The Morgan fingerprint density at radius 1 is 1.25 bits per heavy atom. The summed E-state index contributed by atoms with van der Waals surface area (Å²) in [6.07, 6.45) is -6.38. The van der Waals surface area contributed by atoms with Crippen molar-refractivity contribution in [1.29, 1.82) is 0 Å². The van der Waals surface area contributed by atoms with Gasteiger partial charge < -0.3 is 20.8 Å². The van der Waals surface area contributed by atoms with Crippen LogP contribution in [0, 0.1) is 0 Å². The third-order valence-corrected chi connectivity index (χ3v) is 3.41. The van der Waals surface area contributed by atoms with Crippen LogP contribution in [-0.2, 0) is 6.18 Å². The van der Waals surface area contributed by atoms with Crippen LogP contribution in [0.3, 0.4) is 0 Å². The third-order valence-electron chi connectivity index (χ3n) is 3.19. The van der Waals surface area contributed by atoms with Crippen molar-refractivity contribution in [3.8, 4) is 0 Å². The van der Waals surface area contributed by atoms with Crippen molar-refractivity contribution in [2.24, 2.45) is 5.73 Å². The molecule has 1 aromatic carbocycles. The first kappa shape index (κ1) is 15.0. The SMILES string of the molecule is NC(=S)c1cc(C(F)(F)F)ccc1N1CC(O)C(O)C1. The molecule has 1 aliphatic heterocycles. The smallest absolute Gasteiger partial charge is 0.389 e. The van der Waals surface area contributed by atoms with E-state index in [0.29, 0.717) is 5.69 Å². The molecular formula is C12H13F3N2O2S. The molecule has 0 amide bonds. The van der Waals surface area contributed by atoms with Gasteiger partial charge in [-0.2, -0.15) is 13.2 Å². The summed E-state index contributed by atoms with van der Waals surface area (Å²) < 4.78 is 38.1. The Hall–Kier alpha value is -1.38. The lowest BCUT2D eigenvalue weighted by atomic mass is 10.1. The quantitative estimate of drug-likeness (QED) is 0.708. The van der Waals surface area contributed by atoms with Gasteiger partial charge in [-0.25, -0.2) is 0 Å².